The summed E-state index contributed by atoms with van der Waals surface area (Å²) >= 11 is 0. The van der Waals surface area contributed by atoms with Gasteiger partial charge in [0.15, 0.2) is 0 Å². The van der Waals surface area contributed by atoms with Crippen LogP contribution < -0.4 is 0 Å². The number of rotatable bonds is 4. The standard InChI is InChI=1S/C10H15NO3/c1-3-11(10(12)13)7-6-9-5-4-8(2)14-9/h4-5H,3,6-7H2,1-2H3,(H,12,13). The number of carboxylic acid groups (broad SMARTS) is 1. The summed E-state index contributed by atoms with van der Waals surface area (Å²) in [6, 6.07) is 3.76. The van der Waals surface area contributed by atoms with Gasteiger partial charge in [-0.15, -0.1) is 0 Å². The third-order valence-corrected chi connectivity index (χ3v) is 2.08. The van der Waals surface area contributed by atoms with Crippen LogP contribution in [0.4, 0.5) is 4.79 Å². The highest BCUT2D eigenvalue weighted by Crippen LogP contribution is 2.07. The average Bonchev–Trinajstić information content (AvgIpc) is 2.52. The van der Waals surface area contributed by atoms with E-state index in [1.807, 2.05) is 26.0 Å². The number of likely N-dealkylation sites (N-methyl/N-ethyl adjacent to an activating group) is 1. The van der Waals surface area contributed by atoms with Crippen LogP contribution >= 0.6 is 0 Å². The Labute approximate surface area is 83.1 Å². The molecule has 0 atom stereocenters. The Balaban J connectivity index is 2.43. The smallest absolute Gasteiger partial charge is 0.407 e. The number of hydrogen-bond donors (Lipinski definition) is 1. The molecule has 1 rings (SSSR count). The van der Waals surface area contributed by atoms with Crippen LogP contribution in [0.2, 0.25) is 0 Å². The van der Waals surface area contributed by atoms with Crippen molar-refractivity contribution >= 4 is 6.09 Å². The van der Waals surface area contributed by atoms with Gasteiger partial charge in [0.2, 0.25) is 0 Å². The Morgan fingerprint density at radius 3 is 2.71 bits per heavy atom. The van der Waals surface area contributed by atoms with E-state index in [1.165, 1.54) is 4.90 Å². The molecule has 0 saturated heterocycles. The fraction of sp³-hybridized carbons (Fsp3) is 0.500. The first-order valence-corrected chi connectivity index (χ1v) is 4.66. The molecule has 0 fully saturated rings. The molecular formula is C10H15NO3. The highest BCUT2D eigenvalue weighted by molar-refractivity contribution is 5.64. The van der Waals surface area contributed by atoms with Crippen molar-refractivity contribution in [2.45, 2.75) is 20.3 Å². The summed E-state index contributed by atoms with van der Waals surface area (Å²) in [7, 11) is 0. The quantitative estimate of drug-likeness (QED) is 0.804. The number of nitrogens with zero attached hydrogens (tertiary/aromatic N) is 1. The summed E-state index contributed by atoms with van der Waals surface area (Å²) in [5.74, 6) is 1.69. The highest BCUT2D eigenvalue weighted by Gasteiger charge is 2.09. The molecule has 0 aliphatic carbocycles. The molecule has 4 heteroatoms. The fourth-order valence-electron chi connectivity index (χ4n) is 1.25. The number of hydrogen-bond acceptors (Lipinski definition) is 2. The Morgan fingerprint density at radius 2 is 2.29 bits per heavy atom. The molecule has 1 aromatic heterocycles. The van der Waals surface area contributed by atoms with Crippen molar-refractivity contribution in [3.05, 3.63) is 23.7 Å². The van der Waals surface area contributed by atoms with E-state index in [1.54, 1.807) is 0 Å². The third kappa shape index (κ3) is 2.80. The van der Waals surface area contributed by atoms with Crippen LogP contribution in [0.3, 0.4) is 0 Å². The first-order chi connectivity index (χ1) is 6.63. The molecule has 1 amide bonds. The summed E-state index contributed by atoms with van der Waals surface area (Å²) in [6.45, 7) is 4.69. The van der Waals surface area contributed by atoms with Gasteiger partial charge in [-0.3, -0.25) is 0 Å². The van der Waals surface area contributed by atoms with E-state index in [9.17, 15) is 4.79 Å². The molecule has 0 radical (unpaired) electrons. The summed E-state index contributed by atoms with van der Waals surface area (Å²) in [5.41, 5.74) is 0. The van der Waals surface area contributed by atoms with Crippen LogP contribution in [-0.4, -0.2) is 29.2 Å². The Kier molecular flexibility index (Phi) is 3.56. The van der Waals surface area contributed by atoms with Crippen LogP contribution in [0.1, 0.15) is 18.4 Å². The first kappa shape index (κ1) is 10.6. The molecule has 1 N–H and O–H groups in total. The molecule has 4 nitrogen and oxygen atoms in total. The number of furan rings is 1. The summed E-state index contributed by atoms with van der Waals surface area (Å²) in [5, 5.41) is 8.75. The minimum atomic E-state index is -0.879. The van der Waals surface area contributed by atoms with E-state index in [4.69, 9.17) is 9.52 Å². The fourth-order valence-corrected chi connectivity index (χ4v) is 1.25. The lowest BCUT2D eigenvalue weighted by Gasteiger charge is -2.15. The van der Waals surface area contributed by atoms with Gasteiger partial charge in [-0.05, 0) is 26.0 Å². The van der Waals surface area contributed by atoms with Crippen molar-refractivity contribution in [1.29, 1.82) is 0 Å². The van der Waals surface area contributed by atoms with Gasteiger partial charge in [-0.2, -0.15) is 0 Å². The van der Waals surface area contributed by atoms with Crippen LogP contribution in [0, 0.1) is 6.92 Å². The Hall–Kier alpha value is -1.45. The van der Waals surface area contributed by atoms with E-state index < -0.39 is 6.09 Å². The van der Waals surface area contributed by atoms with Gasteiger partial charge < -0.3 is 14.4 Å². The lowest BCUT2D eigenvalue weighted by atomic mass is 10.3. The van der Waals surface area contributed by atoms with E-state index in [0.29, 0.717) is 19.5 Å². The second kappa shape index (κ2) is 4.69. The van der Waals surface area contributed by atoms with Crippen LogP contribution in [0.5, 0.6) is 0 Å². The normalized spacial score (nSPS) is 10.1. The predicted molar refractivity (Wildman–Crippen MR) is 52.4 cm³/mol. The Bertz CT molecular complexity index is 306. The molecular weight excluding hydrogens is 182 g/mol. The van der Waals surface area contributed by atoms with E-state index in [-0.39, 0.29) is 0 Å². The third-order valence-electron chi connectivity index (χ3n) is 2.08. The van der Waals surface area contributed by atoms with E-state index in [2.05, 4.69) is 0 Å². The van der Waals surface area contributed by atoms with Crippen molar-refractivity contribution in [1.82, 2.24) is 4.90 Å². The average molecular weight is 197 g/mol. The van der Waals surface area contributed by atoms with Gasteiger partial charge in [-0.1, -0.05) is 0 Å². The summed E-state index contributed by atoms with van der Waals surface area (Å²) in [4.78, 5) is 12.0. The van der Waals surface area contributed by atoms with Crippen molar-refractivity contribution in [2.24, 2.45) is 0 Å². The van der Waals surface area contributed by atoms with E-state index in [0.717, 1.165) is 11.5 Å². The minimum absolute atomic E-state index is 0.485. The topological polar surface area (TPSA) is 53.7 Å². The molecule has 0 spiro atoms. The maximum absolute atomic E-state index is 10.7. The van der Waals surface area contributed by atoms with Gasteiger partial charge in [-0.25, -0.2) is 4.79 Å². The molecule has 0 aliphatic heterocycles. The molecule has 0 unspecified atom stereocenters. The second-order valence-electron chi connectivity index (χ2n) is 3.12. The second-order valence-corrected chi connectivity index (χ2v) is 3.12. The molecule has 0 aliphatic rings. The lowest BCUT2D eigenvalue weighted by Crippen LogP contribution is -2.31. The first-order valence-electron chi connectivity index (χ1n) is 4.66. The molecule has 14 heavy (non-hydrogen) atoms. The van der Waals surface area contributed by atoms with Gasteiger partial charge in [0.25, 0.3) is 0 Å². The predicted octanol–water partition coefficient (Wildman–Crippen LogP) is 2.13. The summed E-state index contributed by atoms with van der Waals surface area (Å²) < 4.78 is 5.34. The zero-order valence-electron chi connectivity index (χ0n) is 8.49. The molecule has 0 bridgehead atoms. The van der Waals surface area contributed by atoms with Gasteiger partial charge in [0, 0.05) is 19.5 Å². The van der Waals surface area contributed by atoms with Crippen LogP contribution in [0.25, 0.3) is 0 Å². The zero-order valence-corrected chi connectivity index (χ0v) is 8.49. The van der Waals surface area contributed by atoms with Gasteiger partial charge in [0.05, 0.1) is 0 Å². The summed E-state index contributed by atoms with van der Waals surface area (Å²) in [6.07, 6.45) is -0.246. The number of carbonyl (C=O) groups is 1. The van der Waals surface area contributed by atoms with Crippen molar-refractivity contribution in [3.8, 4) is 0 Å². The monoisotopic (exact) mass is 197 g/mol. The largest absolute Gasteiger partial charge is 0.466 e. The number of amides is 1. The van der Waals surface area contributed by atoms with E-state index >= 15 is 0 Å². The van der Waals surface area contributed by atoms with Gasteiger partial charge in [0.1, 0.15) is 11.5 Å². The maximum atomic E-state index is 10.7. The maximum Gasteiger partial charge on any atom is 0.407 e. The van der Waals surface area contributed by atoms with Gasteiger partial charge >= 0.3 is 6.09 Å². The molecule has 78 valence electrons. The van der Waals surface area contributed by atoms with Crippen molar-refractivity contribution < 1.29 is 14.3 Å². The minimum Gasteiger partial charge on any atom is -0.466 e. The molecule has 0 saturated carbocycles. The van der Waals surface area contributed by atoms with Crippen LogP contribution in [0.15, 0.2) is 16.5 Å². The SMILES string of the molecule is CCN(CCc1ccc(C)o1)C(=O)O. The molecule has 1 aromatic rings. The van der Waals surface area contributed by atoms with Crippen molar-refractivity contribution in [2.75, 3.05) is 13.1 Å². The Morgan fingerprint density at radius 1 is 1.57 bits per heavy atom. The van der Waals surface area contributed by atoms with Crippen LogP contribution in [-0.2, 0) is 6.42 Å². The highest BCUT2D eigenvalue weighted by atomic mass is 16.4. The lowest BCUT2D eigenvalue weighted by molar-refractivity contribution is 0.147. The molecule has 1 heterocycles. The zero-order chi connectivity index (χ0) is 10.6. The van der Waals surface area contributed by atoms with Crippen molar-refractivity contribution in [3.63, 3.8) is 0 Å². The number of aryl methyl sites for hydroxylation is 1. The molecule has 0 aromatic carbocycles.